The minimum absolute atomic E-state index is 0.000871. The highest BCUT2D eigenvalue weighted by Crippen LogP contribution is 2.64. The minimum atomic E-state index is -0.383. The molecule has 4 fully saturated rings. The van der Waals surface area contributed by atoms with Gasteiger partial charge in [-0.3, -0.25) is 14.4 Å². The van der Waals surface area contributed by atoms with E-state index in [1.807, 2.05) is 6.92 Å². The maximum atomic E-state index is 13.0. The van der Waals surface area contributed by atoms with Gasteiger partial charge in [-0.25, -0.2) is 0 Å². The van der Waals surface area contributed by atoms with Gasteiger partial charge in [0.25, 0.3) is 0 Å². The van der Waals surface area contributed by atoms with Crippen molar-refractivity contribution in [1.82, 2.24) is 0 Å². The van der Waals surface area contributed by atoms with Crippen LogP contribution >= 0.6 is 0 Å². The molecule has 3 nitrogen and oxygen atoms in total. The van der Waals surface area contributed by atoms with E-state index in [-0.39, 0.29) is 16.7 Å². The van der Waals surface area contributed by atoms with Crippen molar-refractivity contribution in [1.29, 1.82) is 0 Å². The Kier molecular flexibility index (Phi) is 3.00. The van der Waals surface area contributed by atoms with Crippen molar-refractivity contribution in [2.45, 2.75) is 65.2 Å². The third-order valence-corrected chi connectivity index (χ3v) is 7.88. The van der Waals surface area contributed by atoms with Gasteiger partial charge in [0.1, 0.15) is 17.3 Å². The van der Waals surface area contributed by atoms with Crippen LogP contribution in [0.5, 0.6) is 0 Å². The summed E-state index contributed by atoms with van der Waals surface area (Å²) in [6, 6.07) is 0. The summed E-state index contributed by atoms with van der Waals surface area (Å²) in [5.41, 5.74) is -0.382. The molecule has 0 unspecified atom stereocenters. The lowest BCUT2D eigenvalue weighted by Crippen LogP contribution is -2.57. The van der Waals surface area contributed by atoms with E-state index in [0.29, 0.717) is 60.8 Å². The molecule has 0 spiro atoms. The standard InChI is InChI=1S/C19H26O3/c1-18-8-7-12(20)9-11(18)3-4-13-14-5-6-16(22)19(14,2)10-15(21)17(13)18/h11,13-14,17H,3-10H2,1-2H3/t11-,13+,14-,17+,18-,19-/m0/s1. The molecule has 0 bridgehead atoms. The SMILES string of the molecule is C[C@]12CCC(=O)C[C@@H]1CC[C@H]1[C@@H]2C(=O)C[C@]2(C)C(=O)CC[C@@H]12. The monoisotopic (exact) mass is 302 g/mol. The van der Waals surface area contributed by atoms with Crippen LogP contribution in [0, 0.1) is 34.5 Å². The summed E-state index contributed by atoms with van der Waals surface area (Å²) in [5.74, 6) is 2.29. The number of carbonyl (C=O) groups is 3. The quantitative estimate of drug-likeness (QED) is 0.689. The van der Waals surface area contributed by atoms with Gasteiger partial charge in [0.15, 0.2) is 0 Å². The number of ketones is 3. The van der Waals surface area contributed by atoms with Crippen molar-refractivity contribution in [3.63, 3.8) is 0 Å². The third-order valence-electron chi connectivity index (χ3n) is 7.88. The van der Waals surface area contributed by atoms with Gasteiger partial charge in [0.2, 0.25) is 0 Å². The molecule has 0 saturated heterocycles. The second kappa shape index (κ2) is 4.52. The molecule has 0 aromatic heterocycles. The Morgan fingerprint density at radius 3 is 2.55 bits per heavy atom. The molecule has 4 saturated carbocycles. The van der Waals surface area contributed by atoms with Crippen LogP contribution < -0.4 is 0 Å². The zero-order valence-electron chi connectivity index (χ0n) is 13.7. The molecule has 0 aromatic carbocycles. The van der Waals surface area contributed by atoms with E-state index in [9.17, 15) is 14.4 Å². The number of carbonyl (C=O) groups excluding carboxylic acids is 3. The molecule has 4 aliphatic rings. The third kappa shape index (κ3) is 1.71. The van der Waals surface area contributed by atoms with E-state index in [2.05, 4.69) is 6.92 Å². The van der Waals surface area contributed by atoms with Crippen LogP contribution in [0.15, 0.2) is 0 Å². The highest BCUT2D eigenvalue weighted by Gasteiger charge is 2.63. The number of hydrogen-bond donors (Lipinski definition) is 0. The van der Waals surface area contributed by atoms with Gasteiger partial charge >= 0.3 is 0 Å². The van der Waals surface area contributed by atoms with E-state index in [1.165, 1.54) is 0 Å². The zero-order valence-corrected chi connectivity index (χ0v) is 13.7. The Hall–Kier alpha value is -0.990. The number of rotatable bonds is 0. The second-order valence-electron chi connectivity index (χ2n) is 8.79. The van der Waals surface area contributed by atoms with Crippen LogP contribution in [0.25, 0.3) is 0 Å². The van der Waals surface area contributed by atoms with Crippen LogP contribution in [-0.4, -0.2) is 17.3 Å². The Morgan fingerprint density at radius 2 is 1.77 bits per heavy atom. The van der Waals surface area contributed by atoms with E-state index in [0.717, 1.165) is 25.7 Å². The van der Waals surface area contributed by atoms with Gasteiger partial charge in [0, 0.05) is 37.0 Å². The molecule has 0 radical (unpaired) electrons. The van der Waals surface area contributed by atoms with Crippen LogP contribution in [0.4, 0.5) is 0 Å². The highest BCUT2D eigenvalue weighted by atomic mass is 16.1. The summed E-state index contributed by atoms with van der Waals surface area (Å²) >= 11 is 0. The smallest absolute Gasteiger partial charge is 0.139 e. The van der Waals surface area contributed by atoms with Crippen LogP contribution in [0.1, 0.15) is 65.2 Å². The van der Waals surface area contributed by atoms with E-state index in [4.69, 9.17) is 0 Å². The fourth-order valence-corrected chi connectivity index (χ4v) is 6.64. The van der Waals surface area contributed by atoms with E-state index < -0.39 is 0 Å². The molecule has 0 aliphatic heterocycles. The fraction of sp³-hybridized carbons (Fsp3) is 0.842. The Morgan fingerprint density at radius 1 is 1.00 bits per heavy atom. The molecule has 0 heterocycles. The van der Waals surface area contributed by atoms with Gasteiger partial charge in [-0.05, 0) is 48.9 Å². The average molecular weight is 302 g/mol. The fourth-order valence-electron chi connectivity index (χ4n) is 6.64. The molecular weight excluding hydrogens is 276 g/mol. The number of hydrogen-bond acceptors (Lipinski definition) is 3. The summed E-state index contributed by atoms with van der Waals surface area (Å²) in [6.07, 6.45) is 6.39. The lowest BCUT2D eigenvalue weighted by atomic mass is 9.45. The maximum Gasteiger partial charge on any atom is 0.139 e. The van der Waals surface area contributed by atoms with Gasteiger partial charge in [-0.15, -0.1) is 0 Å². The van der Waals surface area contributed by atoms with Crippen LogP contribution in [-0.2, 0) is 14.4 Å². The summed E-state index contributed by atoms with van der Waals surface area (Å²) < 4.78 is 0. The van der Waals surface area contributed by atoms with Crippen molar-refractivity contribution < 1.29 is 14.4 Å². The predicted octanol–water partition coefficient (Wildman–Crippen LogP) is 3.35. The first kappa shape index (κ1) is 14.6. The van der Waals surface area contributed by atoms with Crippen molar-refractivity contribution in [2.24, 2.45) is 34.5 Å². The zero-order chi connectivity index (χ0) is 15.7. The van der Waals surface area contributed by atoms with Crippen molar-refractivity contribution >= 4 is 17.3 Å². The van der Waals surface area contributed by atoms with Crippen LogP contribution in [0.3, 0.4) is 0 Å². The molecule has 120 valence electrons. The molecule has 0 N–H and O–H groups in total. The molecule has 4 rings (SSSR count). The normalized spacial score (nSPS) is 51.3. The first-order valence-electron chi connectivity index (χ1n) is 8.94. The first-order valence-corrected chi connectivity index (χ1v) is 8.94. The van der Waals surface area contributed by atoms with Crippen molar-refractivity contribution in [2.75, 3.05) is 0 Å². The second-order valence-corrected chi connectivity index (χ2v) is 8.79. The molecule has 0 amide bonds. The van der Waals surface area contributed by atoms with E-state index >= 15 is 0 Å². The molecule has 6 atom stereocenters. The molecular formula is C19H26O3. The molecule has 3 heteroatoms. The first-order chi connectivity index (χ1) is 10.4. The summed E-state index contributed by atoms with van der Waals surface area (Å²) in [4.78, 5) is 37.2. The lowest BCUT2D eigenvalue weighted by molar-refractivity contribution is -0.161. The Bertz CT molecular complexity index is 565. The van der Waals surface area contributed by atoms with Crippen LogP contribution in [0.2, 0.25) is 0 Å². The van der Waals surface area contributed by atoms with E-state index in [1.54, 1.807) is 0 Å². The van der Waals surface area contributed by atoms with Gasteiger partial charge in [-0.1, -0.05) is 13.8 Å². The molecule has 0 aromatic rings. The highest BCUT2D eigenvalue weighted by molar-refractivity contribution is 5.95. The Labute approximate surface area is 132 Å². The lowest BCUT2D eigenvalue weighted by Gasteiger charge is -2.58. The number of Topliss-reactive ketones (excluding diaryl/α,β-unsaturated/α-hetero) is 3. The van der Waals surface area contributed by atoms with Gasteiger partial charge in [0.05, 0.1) is 0 Å². The summed E-state index contributed by atoms with van der Waals surface area (Å²) in [5, 5.41) is 0. The number of fused-ring (bicyclic) bond motifs is 5. The minimum Gasteiger partial charge on any atom is -0.300 e. The summed E-state index contributed by atoms with van der Waals surface area (Å²) in [7, 11) is 0. The van der Waals surface area contributed by atoms with Crippen molar-refractivity contribution in [3.05, 3.63) is 0 Å². The van der Waals surface area contributed by atoms with Gasteiger partial charge in [-0.2, -0.15) is 0 Å². The predicted molar refractivity (Wildman–Crippen MR) is 82.1 cm³/mol. The average Bonchev–Trinajstić information content (AvgIpc) is 2.75. The molecule has 22 heavy (non-hydrogen) atoms. The van der Waals surface area contributed by atoms with Crippen molar-refractivity contribution in [3.8, 4) is 0 Å². The largest absolute Gasteiger partial charge is 0.300 e. The summed E-state index contributed by atoms with van der Waals surface area (Å²) in [6.45, 7) is 4.30. The van der Waals surface area contributed by atoms with Gasteiger partial charge < -0.3 is 0 Å². The Balaban J connectivity index is 1.72. The molecule has 4 aliphatic carbocycles. The topological polar surface area (TPSA) is 51.2 Å². The maximum absolute atomic E-state index is 13.0.